The first-order chi connectivity index (χ1) is 9.65. The Morgan fingerprint density at radius 1 is 1.20 bits per heavy atom. The molecule has 3 N–H and O–H groups in total. The molecule has 106 valence electrons. The van der Waals surface area contributed by atoms with Gasteiger partial charge in [0.25, 0.3) is 0 Å². The number of hydrogen-bond donors (Lipinski definition) is 2. The van der Waals surface area contributed by atoms with E-state index in [4.69, 9.17) is 5.73 Å². The SMILES string of the molecule is NC(=O)N1CCCC1C(=O)Nc1ccc2c(c1)CCC2. The van der Waals surface area contributed by atoms with Gasteiger partial charge >= 0.3 is 6.03 Å². The molecule has 1 aromatic carbocycles. The minimum atomic E-state index is -0.517. The molecule has 1 atom stereocenters. The molecule has 5 nitrogen and oxygen atoms in total. The number of amides is 3. The summed E-state index contributed by atoms with van der Waals surface area (Å²) in [7, 11) is 0. The van der Waals surface area contributed by atoms with Crippen molar-refractivity contribution in [2.45, 2.75) is 38.1 Å². The monoisotopic (exact) mass is 273 g/mol. The van der Waals surface area contributed by atoms with Gasteiger partial charge in [-0.3, -0.25) is 4.79 Å². The maximum Gasteiger partial charge on any atom is 0.315 e. The van der Waals surface area contributed by atoms with Gasteiger partial charge in [0.1, 0.15) is 6.04 Å². The molecule has 1 unspecified atom stereocenters. The second kappa shape index (κ2) is 5.15. The van der Waals surface area contributed by atoms with Gasteiger partial charge in [0.2, 0.25) is 5.91 Å². The second-order valence-corrected chi connectivity index (χ2v) is 5.52. The minimum Gasteiger partial charge on any atom is -0.351 e. The lowest BCUT2D eigenvalue weighted by Crippen LogP contribution is -2.45. The molecule has 3 rings (SSSR count). The van der Waals surface area contributed by atoms with Crippen LogP contribution in [0.15, 0.2) is 18.2 Å². The molecule has 0 saturated carbocycles. The van der Waals surface area contributed by atoms with E-state index < -0.39 is 12.1 Å². The molecule has 0 bridgehead atoms. The van der Waals surface area contributed by atoms with Gasteiger partial charge in [-0.05, 0) is 55.4 Å². The molecular formula is C15H19N3O2. The Morgan fingerprint density at radius 3 is 2.80 bits per heavy atom. The summed E-state index contributed by atoms with van der Waals surface area (Å²) in [5, 5.41) is 2.91. The van der Waals surface area contributed by atoms with Crippen LogP contribution in [0.25, 0.3) is 0 Å². The molecule has 5 heteroatoms. The number of primary amides is 1. The largest absolute Gasteiger partial charge is 0.351 e. The number of hydrogen-bond acceptors (Lipinski definition) is 2. The summed E-state index contributed by atoms with van der Waals surface area (Å²) < 4.78 is 0. The topological polar surface area (TPSA) is 75.4 Å². The van der Waals surface area contributed by atoms with Gasteiger partial charge in [-0.15, -0.1) is 0 Å². The molecule has 1 aromatic rings. The highest BCUT2D eigenvalue weighted by Crippen LogP contribution is 2.25. The van der Waals surface area contributed by atoms with Gasteiger partial charge in [0, 0.05) is 12.2 Å². The quantitative estimate of drug-likeness (QED) is 0.859. The van der Waals surface area contributed by atoms with E-state index in [9.17, 15) is 9.59 Å². The normalized spacial score (nSPS) is 20.8. The van der Waals surface area contributed by atoms with Gasteiger partial charge in [-0.25, -0.2) is 4.79 Å². The lowest BCUT2D eigenvalue weighted by Gasteiger charge is -2.21. The van der Waals surface area contributed by atoms with Gasteiger partial charge < -0.3 is 16.0 Å². The van der Waals surface area contributed by atoms with E-state index in [2.05, 4.69) is 11.4 Å². The molecule has 0 spiro atoms. The Hall–Kier alpha value is -2.04. The van der Waals surface area contributed by atoms with Crippen molar-refractivity contribution in [2.24, 2.45) is 5.73 Å². The summed E-state index contributed by atoms with van der Waals surface area (Å²) in [5.41, 5.74) is 8.81. The van der Waals surface area contributed by atoms with Crippen LogP contribution in [0.2, 0.25) is 0 Å². The summed E-state index contributed by atoms with van der Waals surface area (Å²) in [6.45, 7) is 0.567. The molecule has 20 heavy (non-hydrogen) atoms. The smallest absolute Gasteiger partial charge is 0.315 e. The number of urea groups is 1. The first kappa shape index (κ1) is 13.0. The lowest BCUT2D eigenvalue weighted by atomic mass is 10.1. The zero-order valence-corrected chi connectivity index (χ0v) is 11.4. The van der Waals surface area contributed by atoms with E-state index in [1.54, 1.807) is 0 Å². The molecule has 1 aliphatic heterocycles. The van der Waals surface area contributed by atoms with Crippen LogP contribution in [0, 0.1) is 0 Å². The number of carbonyl (C=O) groups is 2. The average molecular weight is 273 g/mol. The molecule has 3 amide bonds. The maximum absolute atomic E-state index is 12.3. The van der Waals surface area contributed by atoms with E-state index in [0.29, 0.717) is 13.0 Å². The highest BCUT2D eigenvalue weighted by molar-refractivity contribution is 5.97. The molecular weight excluding hydrogens is 254 g/mol. The minimum absolute atomic E-state index is 0.140. The number of nitrogens with one attached hydrogen (secondary N) is 1. The van der Waals surface area contributed by atoms with Crippen LogP contribution < -0.4 is 11.1 Å². The van der Waals surface area contributed by atoms with Crippen molar-refractivity contribution in [3.63, 3.8) is 0 Å². The fraction of sp³-hybridized carbons (Fsp3) is 0.467. The Bertz CT molecular complexity index is 556. The molecule has 1 aliphatic carbocycles. The van der Waals surface area contributed by atoms with E-state index in [1.165, 1.54) is 22.4 Å². The van der Waals surface area contributed by atoms with Crippen LogP contribution in [0.4, 0.5) is 10.5 Å². The van der Waals surface area contributed by atoms with Crippen molar-refractivity contribution in [2.75, 3.05) is 11.9 Å². The predicted molar refractivity (Wildman–Crippen MR) is 76.4 cm³/mol. The van der Waals surface area contributed by atoms with Crippen molar-refractivity contribution in [1.82, 2.24) is 4.90 Å². The van der Waals surface area contributed by atoms with E-state index in [1.807, 2.05) is 12.1 Å². The van der Waals surface area contributed by atoms with Crippen molar-refractivity contribution in [3.05, 3.63) is 29.3 Å². The summed E-state index contributed by atoms with van der Waals surface area (Å²) in [6.07, 6.45) is 4.90. The Balaban J connectivity index is 1.71. The third kappa shape index (κ3) is 2.35. The first-order valence-corrected chi connectivity index (χ1v) is 7.14. The number of carbonyl (C=O) groups excluding carboxylic acids is 2. The van der Waals surface area contributed by atoms with Crippen molar-refractivity contribution in [3.8, 4) is 0 Å². The summed E-state index contributed by atoms with van der Waals surface area (Å²) in [5.74, 6) is -0.140. The summed E-state index contributed by atoms with van der Waals surface area (Å²) in [4.78, 5) is 25.0. The number of fused-ring (bicyclic) bond motifs is 1. The van der Waals surface area contributed by atoms with Crippen molar-refractivity contribution < 1.29 is 9.59 Å². The number of likely N-dealkylation sites (tertiary alicyclic amines) is 1. The third-order valence-corrected chi connectivity index (χ3v) is 4.20. The Kier molecular flexibility index (Phi) is 3.34. The van der Waals surface area contributed by atoms with Gasteiger partial charge in [-0.1, -0.05) is 6.07 Å². The van der Waals surface area contributed by atoms with Crippen molar-refractivity contribution >= 4 is 17.6 Å². The number of nitrogens with zero attached hydrogens (tertiary/aromatic N) is 1. The van der Waals surface area contributed by atoms with E-state index in [-0.39, 0.29) is 5.91 Å². The molecule has 1 heterocycles. The average Bonchev–Trinajstić information content (AvgIpc) is 3.06. The fourth-order valence-electron chi connectivity index (χ4n) is 3.18. The van der Waals surface area contributed by atoms with Gasteiger partial charge in [0.05, 0.1) is 0 Å². The number of nitrogens with two attached hydrogens (primary N) is 1. The van der Waals surface area contributed by atoms with Crippen LogP contribution >= 0.6 is 0 Å². The zero-order chi connectivity index (χ0) is 14.1. The standard InChI is InChI=1S/C15H19N3O2/c16-15(20)18-8-2-5-13(18)14(19)17-12-7-6-10-3-1-4-11(10)9-12/h6-7,9,13H,1-5,8H2,(H2,16,20)(H,17,19). The van der Waals surface area contributed by atoms with Gasteiger partial charge in [0.15, 0.2) is 0 Å². The highest BCUT2D eigenvalue weighted by atomic mass is 16.2. The van der Waals surface area contributed by atoms with E-state index in [0.717, 1.165) is 24.9 Å². The highest BCUT2D eigenvalue weighted by Gasteiger charge is 2.33. The summed E-state index contributed by atoms with van der Waals surface area (Å²) >= 11 is 0. The fourth-order valence-corrected chi connectivity index (χ4v) is 3.18. The van der Waals surface area contributed by atoms with E-state index >= 15 is 0 Å². The Labute approximate surface area is 118 Å². The van der Waals surface area contributed by atoms with Gasteiger partial charge in [-0.2, -0.15) is 0 Å². The van der Waals surface area contributed by atoms with Crippen LogP contribution in [-0.4, -0.2) is 29.4 Å². The first-order valence-electron chi connectivity index (χ1n) is 7.14. The predicted octanol–water partition coefficient (Wildman–Crippen LogP) is 1.66. The van der Waals surface area contributed by atoms with Crippen LogP contribution in [0.3, 0.4) is 0 Å². The Morgan fingerprint density at radius 2 is 2.00 bits per heavy atom. The maximum atomic E-state index is 12.3. The summed E-state index contributed by atoms with van der Waals surface area (Å²) in [6, 6.07) is 5.12. The zero-order valence-electron chi connectivity index (χ0n) is 11.4. The molecule has 0 aromatic heterocycles. The van der Waals surface area contributed by atoms with Crippen LogP contribution in [0.1, 0.15) is 30.4 Å². The second-order valence-electron chi connectivity index (χ2n) is 5.52. The van der Waals surface area contributed by atoms with Crippen molar-refractivity contribution in [1.29, 1.82) is 0 Å². The molecule has 1 fully saturated rings. The number of rotatable bonds is 2. The lowest BCUT2D eigenvalue weighted by molar-refractivity contribution is -0.119. The number of aryl methyl sites for hydroxylation is 2. The third-order valence-electron chi connectivity index (χ3n) is 4.20. The molecule has 0 radical (unpaired) electrons. The van der Waals surface area contributed by atoms with Crippen LogP contribution in [0.5, 0.6) is 0 Å². The van der Waals surface area contributed by atoms with Crippen LogP contribution in [-0.2, 0) is 17.6 Å². The molecule has 2 aliphatic rings. The molecule has 1 saturated heterocycles. The number of benzene rings is 1. The number of anilines is 1.